The molecule has 316 valence electrons. The van der Waals surface area contributed by atoms with E-state index < -0.39 is 23.7 Å². The molecule has 1 atom stereocenters. The number of carbonyl (C=O) groups is 2. The third-order valence-electron chi connectivity index (χ3n) is 12.1. The van der Waals surface area contributed by atoms with E-state index in [1.807, 2.05) is 23.2 Å². The molecular formula is C46H51F3N6O5. The summed E-state index contributed by atoms with van der Waals surface area (Å²) in [6.45, 7) is 8.52. The fourth-order valence-electron chi connectivity index (χ4n) is 8.92. The lowest BCUT2D eigenvalue weighted by molar-refractivity contribution is -0.137. The minimum atomic E-state index is -4.58. The Balaban J connectivity index is 1.02. The third-order valence-corrected chi connectivity index (χ3v) is 12.1. The van der Waals surface area contributed by atoms with Crippen molar-refractivity contribution in [1.29, 1.82) is 0 Å². The molecule has 1 aromatic heterocycles. The van der Waals surface area contributed by atoms with Gasteiger partial charge in [-0.3, -0.25) is 29.6 Å². The number of ether oxygens (including phenoxy) is 2. The maximum Gasteiger partial charge on any atom is 0.418 e. The van der Waals surface area contributed by atoms with Crippen LogP contribution in [0.5, 0.6) is 11.5 Å². The molecule has 4 aromatic rings. The number of aromatic nitrogens is 1. The standard InChI is InChI=1S/C46H51F3N6O5/c1-28-34(13-17-50-2)36(26-53(3)45(28)58)32-22-41(59-4)37(42(23-32)60-5)27-54-18-16-35-30(7-6-8-31(35)25-54)21-29-14-19-55(20-15-29)40-11-9-33(24-38(40)46(47,48)49)51-39-10-12-43(56)52-44(39)57/h6-9,11,13,17,22-24,26,29,39,51H,2,10,12,14-16,18-21,25,27H2,1,3-5H3,(H,52,56,57)/b17-13-. The molecule has 0 aliphatic carbocycles. The van der Waals surface area contributed by atoms with E-state index in [0.717, 1.165) is 67.1 Å². The molecule has 7 rings (SSSR count). The van der Waals surface area contributed by atoms with Crippen molar-refractivity contribution in [3.05, 3.63) is 110 Å². The molecule has 3 aliphatic heterocycles. The van der Waals surface area contributed by atoms with Crippen molar-refractivity contribution >= 4 is 36.0 Å². The zero-order valence-electron chi connectivity index (χ0n) is 34.5. The Morgan fingerprint density at radius 2 is 1.72 bits per heavy atom. The van der Waals surface area contributed by atoms with Crippen molar-refractivity contribution in [2.75, 3.05) is 44.1 Å². The summed E-state index contributed by atoms with van der Waals surface area (Å²) in [7, 11) is 5.02. The van der Waals surface area contributed by atoms with Gasteiger partial charge in [0.1, 0.15) is 17.5 Å². The lowest BCUT2D eigenvalue weighted by Crippen LogP contribution is -2.47. The number of piperidine rings is 2. The van der Waals surface area contributed by atoms with E-state index in [-0.39, 0.29) is 35.7 Å². The van der Waals surface area contributed by atoms with Crippen LogP contribution in [0.25, 0.3) is 17.2 Å². The zero-order valence-corrected chi connectivity index (χ0v) is 34.5. The number of hydrogen-bond acceptors (Lipinski definition) is 9. The van der Waals surface area contributed by atoms with Crippen LogP contribution >= 0.6 is 0 Å². The highest BCUT2D eigenvalue weighted by Gasteiger charge is 2.37. The number of benzene rings is 3. The van der Waals surface area contributed by atoms with Crippen molar-refractivity contribution < 1.29 is 32.2 Å². The van der Waals surface area contributed by atoms with E-state index in [4.69, 9.17) is 9.47 Å². The van der Waals surface area contributed by atoms with Crippen LogP contribution in [0.2, 0.25) is 0 Å². The van der Waals surface area contributed by atoms with E-state index >= 15 is 0 Å². The van der Waals surface area contributed by atoms with Crippen LogP contribution < -0.4 is 30.6 Å². The summed E-state index contributed by atoms with van der Waals surface area (Å²) in [5, 5.41) is 5.12. The van der Waals surface area contributed by atoms with Gasteiger partial charge in [-0.2, -0.15) is 13.2 Å². The quantitative estimate of drug-likeness (QED) is 0.113. The summed E-state index contributed by atoms with van der Waals surface area (Å²) in [4.78, 5) is 44.6. The molecule has 2 N–H and O–H groups in total. The van der Waals surface area contributed by atoms with Gasteiger partial charge < -0.3 is 24.3 Å². The van der Waals surface area contributed by atoms with Crippen molar-refractivity contribution in [3.63, 3.8) is 0 Å². The molecule has 3 aromatic carbocycles. The number of imide groups is 1. The van der Waals surface area contributed by atoms with Gasteiger partial charge in [0, 0.05) is 81.1 Å². The van der Waals surface area contributed by atoms with Crippen LogP contribution in [0.1, 0.15) is 64.6 Å². The molecule has 2 saturated heterocycles. The number of aliphatic imine (C=N–C) groups is 1. The number of nitrogens with zero attached hydrogens (tertiary/aromatic N) is 4. The monoisotopic (exact) mass is 824 g/mol. The minimum Gasteiger partial charge on any atom is -0.496 e. The van der Waals surface area contributed by atoms with Gasteiger partial charge >= 0.3 is 6.18 Å². The molecule has 0 spiro atoms. The summed E-state index contributed by atoms with van der Waals surface area (Å²) in [6.07, 6.45) is 4.20. The smallest absolute Gasteiger partial charge is 0.418 e. The van der Waals surface area contributed by atoms with Crippen molar-refractivity contribution in [3.8, 4) is 22.6 Å². The highest BCUT2D eigenvalue weighted by molar-refractivity contribution is 6.01. The topological polar surface area (TPSA) is 118 Å². The molecular weight excluding hydrogens is 774 g/mol. The normalized spacial score (nSPS) is 17.7. The van der Waals surface area contributed by atoms with Crippen LogP contribution in [-0.2, 0) is 48.7 Å². The van der Waals surface area contributed by atoms with E-state index in [0.29, 0.717) is 42.6 Å². The average Bonchev–Trinajstić information content (AvgIpc) is 3.23. The van der Waals surface area contributed by atoms with Crippen LogP contribution in [-0.4, -0.2) is 67.9 Å². The molecule has 0 saturated carbocycles. The fourth-order valence-corrected chi connectivity index (χ4v) is 8.92. The molecule has 2 amide bonds. The number of anilines is 2. The molecule has 60 heavy (non-hydrogen) atoms. The van der Waals surface area contributed by atoms with Gasteiger partial charge in [0.2, 0.25) is 11.8 Å². The lowest BCUT2D eigenvalue weighted by atomic mass is 9.85. The van der Waals surface area contributed by atoms with Gasteiger partial charge in [0.15, 0.2) is 0 Å². The second-order valence-corrected chi connectivity index (χ2v) is 15.9. The first kappa shape index (κ1) is 42.2. The summed E-state index contributed by atoms with van der Waals surface area (Å²) in [5.74, 6) is 0.778. The molecule has 0 bridgehead atoms. The predicted octanol–water partition coefficient (Wildman–Crippen LogP) is 7.30. The number of alkyl halides is 3. The average molecular weight is 825 g/mol. The van der Waals surface area contributed by atoms with Gasteiger partial charge in [0.05, 0.1) is 25.3 Å². The number of methoxy groups -OCH3 is 2. The first-order valence-corrected chi connectivity index (χ1v) is 20.2. The number of carbonyl (C=O) groups excluding carboxylic acids is 2. The second-order valence-electron chi connectivity index (χ2n) is 15.9. The van der Waals surface area contributed by atoms with E-state index in [1.54, 1.807) is 51.1 Å². The third kappa shape index (κ3) is 8.98. The highest BCUT2D eigenvalue weighted by atomic mass is 19.4. The molecule has 14 heteroatoms. The second kappa shape index (κ2) is 17.8. The van der Waals surface area contributed by atoms with Gasteiger partial charge in [-0.1, -0.05) is 18.2 Å². The van der Waals surface area contributed by atoms with Gasteiger partial charge in [0.25, 0.3) is 5.56 Å². The van der Waals surface area contributed by atoms with Crippen molar-refractivity contribution in [2.24, 2.45) is 18.0 Å². The maximum absolute atomic E-state index is 14.4. The van der Waals surface area contributed by atoms with Crippen LogP contribution in [0, 0.1) is 12.8 Å². The molecule has 1 unspecified atom stereocenters. The zero-order chi connectivity index (χ0) is 42.7. The predicted molar refractivity (Wildman–Crippen MR) is 228 cm³/mol. The van der Waals surface area contributed by atoms with Gasteiger partial charge in [-0.25, -0.2) is 0 Å². The minimum absolute atomic E-state index is 0.0952. The van der Waals surface area contributed by atoms with Gasteiger partial charge in [-0.05, 0) is 116 Å². The number of nitrogens with one attached hydrogen (secondary N) is 2. The Kier molecular flexibility index (Phi) is 12.5. The van der Waals surface area contributed by atoms with Crippen LogP contribution in [0.15, 0.2) is 70.7 Å². The van der Waals surface area contributed by atoms with Crippen molar-refractivity contribution in [2.45, 2.75) is 70.8 Å². The Morgan fingerprint density at radius 3 is 2.38 bits per heavy atom. The number of halogens is 3. The Bertz CT molecular complexity index is 2360. The SMILES string of the molecule is C=N/C=C\c1c(-c2cc(OC)c(CN3CCc4c(CC5CCN(c6ccc(NC7CCC(=O)NC7=O)cc6C(F)(F)F)CC5)cccc4C3)c(OC)c2)cn(C)c(=O)c1C. The Morgan fingerprint density at radius 1 is 0.983 bits per heavy atom. The highest BCUT2D eigenvalue weighted by Crippen LogP contribution is 2.41. The maximum atomic E-state index is 14.4. The summed E-state index contributed by atoms with van der Waals surface area (Å²) >= 11 is 0. The Labute approximate surface area is 347 Å². The number of hydrogen-bond donors (Lipinski definition) is 2. The van der Waals surface area contributed by atoms with E-state index in [1.165, 1.54) is 22.8 Å². The number of aryl methyl sites for hydroxylation is 1. The summed E-state index contributed by atoms with van der Waals surface area (Å²) in [5.41, 5.74) is 7.36. The summed E-state index contributed by atoms with van der Waals surface area (Å²) < 4.78 is 56.7. The molecule has 2 fully saturated rings. The lowest BCUT2D eigenvalue weighted by Gasteiger charge is -2.36. The van der Waals surface area contributed by atoms with Crippen LogP contribution in [0.3, 0.4) is 0 Å². The molecule has 0 radical (unpaired) electrons. The molecule has 3 aliphatic rings. The van der Waals surface area contributed by atoms with E-state index in [2.05, 4.69) is 45.4 Å². The number of fused-ring (bicyclic) bond motifs is 1. The van der Waals surface area contributed by atoms with E-state index in [9.17, 15) is 27.6 Å². The summed E-state index contributed by atoms with van der Waals surface area (Å²) in [6, 6.07) is 13.8. The first-order valence-electron chi connectivity index (χ1n) is 20.2. The van der Waals surface area contributed by atoms with Crippen molar-refractivity contribution in [1.82, 2.24) is 14.8 Å². The largest absolute Gasteiger partial charge is 0.496 e. The number of pyridine rings is 1. The molecule has 4 heterocycles. The fraction of sp³-hybridized carbons (Fsp3) is 0.391. The number of rotatable bonds is 12. The molecule has 11 nitrogen and oxygen atoms in total. The Hall–Kier alpha value is -5.89. The first-order chi connectivity index (χ1) is 28.8. The van der Waals surface area contributed by atoms with Crippen LogP contribution in [0.4, 0.5) is 24.5 Å². The number of amides is 2. The van der Waals surface area contributed by atoms with Gasteiger partial charge in [-0.15, -0.1) is 0 Å².